The fraction of sp³-hybridized carbons (Fsp3) is 0.412. The van der Waals surface area contributed by atoms with Gasteiger partial charge < -0.3 is 4.90 Å². The van der Waals surface area contributed by atoms with Crippen molar-refractivity contribution in [3.8, 4) is 5.97 Å². The lowest BCUT2D eigenvalue weighted by atomic mass is 9.45. The van der Waals surface area contributed by atoms with Crippen molar-refractivity contribution in [2.24, 2.45) is 7.05 Å². The van der Waals surface area contributed by atoms with Gasteiger partial charge in [0.05, 0.1) is 11.2 Å². The van der Waals surface area contributed by atoms with E-state index in [9.17, 15) is 9.59 Å². The maximum atomic E-state index is 12.2. The Hall–Kier alpha value is -3.02. The Morgan fingerprint density at radius 3 is 2.69 bits per heavy atom. The molecule has 0 aliphatic carbocycles. The minimum Gasteiger partial charge on any atom is -0.371 e. The van der Waals surface area contributed by atoms with Crippen LogP contribution in [0.15, 0.2) is 18.2 Å². The third kappa shape index (κ3) is 2.67. The molecule has 0 radical (unpaired) electrons. The van der Waals surface area contributed by atoms with Crippen molar-refractivity contribution in [1.29, 1.82) is 5.26 Å². The first kappa shape index (κ1) is 16.5. The Morgan fingerprint density at radius 2 is 2.00 bits per heavy atom. The number of aromatic nitrogens is 2. The van der Waals surface area contributed by atoms with Crippen molar-refractivity contribution in [2.45, 2.75) is 19.1 Å². The topological polar surface area (TPSA) is 94.3 Å². The second-order valence-corrected chi connectivity index (χ2v) is 6.77. The van der Waals surface area contributed by atoms with Crippen LogP contribution in [0.5, 0.6) is 0 Å². The standard InChI is InChI=1S/C17H19BN6O2/c1-22-15-12(16(21-22)24-8-5-14(25)20-17(24)26)3-2-4-13(15)23-9-6-18(11-19)7-10-23/h2-4H,5-10H2,1H3,(H,20,25,26). The quantitative estimate of drug-likeness (QED) is 0.827. The SMILES string of the molecule is Cn1nc(N2CCC(=O)NC2=O)c2cccc(N3CCB(C#N)CC3)c21. The fourth-order valence-electron chi connectivity index (χ4n) is 3.77. The highest BCUT2D eigenvalue weighted by Gasteiger charge is 2.30. The lowest BCUT2D eigenvalue weighted by Crippen LogP contribution is -2.49. The van der Waals surface area contributed by atoms with Gasteiger partial charge in [-0.3, -0.25) is 19.7 Å². The molecule has 1 aromatic carbocycles. The molecule has 1 N–H and O–H groups in total. The Morgan fingerprint density at radius 1 is 1.23 bits per heavy atom. The van der Waals surface area contributed by atoms with Gasteiger partial charge in [-0.15, -0.1) is 0 Å². The van der Waals surface area contributed by atoms with Crippen LogP contribution in [0.2, 0.25) is 12.6 Å². The minimum absolute atomic E-state index is 0.127. The van der Waals surface area contributed by atoms with Gasteiger partial charge in [-0.2, -0.15) is 5.10 Å². The van der Waals surface area contributed by atoms with Crippen LogP contribution in [-0.4, -0.2) is 48.1 Å². The summed E-state index contributed by atoms with van der Waals surface area (Å²) in [5.41, 5.74) is 2.02. The summed E-state index contributed by atoms with van der Waals surface area (Å²) >= 11 is 0. The third-order valence-corrected chi connectivity index (χ3v) is 5.15. The number of benzene rings is 1. The smallest absolute Gasteiger partial charge is 0.329 e. The molecule has 2 fully saturated rings. The number of hydrogen-bond donors (Lipinski definition) is 1. The molecule has 2 saturated heterocycles. The molecule has 132 valence electrons. The molecule has 1 aromatic heterocycles. The van der Waals surface area contributed by atoms with Crippen LogP contribution >= 0.6 is 0 Å². The van der Waals surface area contributed by atoms with Crippen LogP contribution in [0.3, 0.4) is 0 Å². The van der Waals surface area contributed by atoms with Gasteiger partial charge >= 0.3 is 6.03 Å². The van der Waals surface area contributed by atoms with E-state index in [-0.39, 0.29) is 19.0 Å². The highest BCUT2D eigenvalue weighted by molar-refractivity contribution is 6.67. The molecule has 0 atom stereocenters. The van der Waals surface area contributed by atoms with Crippen LogP contribution in [0.1, 0.15) is 6.42 Å². The van der Waals surface area contributed by atoms with E-state index in [1.54, 1.807) is 4.68 Å². The number of aryl methyl sites for hydroxylation is 1. The van der Waals surface area contributed by atoms with E-state index in [4.69, 9.17) is 5.26 Å². The summed E-state index contributed by atoms with van der Waals surface area (Å²) in [4.78, 5) is 27.4. The van der Waals surface area contributed by atoms with E-state index >= 15 is 0 Å². The zero-order chi connectivity index (χ0) is 18.3. The largest absolute Gasteiger partial charge is 0.371 e. The molecule has 3 amide bonds. The van der Waals surface area contributed by atoms with Gasteiger partial charge in [0.25, 0.3) is 6.71 Å². The number of para-hydroxylation sites is 1. The first-order valence-electron chi connectivity index (χ1n) is 8.80. The van der Waals surface area contributed by atoms with Gasteiger partial charge in [-0.05, 0) is 24.8 Å². The number of rotatable bonds is 2. The van der Waals surface area contributed by atoms with Crippen molar-refractivity contribution < 1.29 is 9.59 Å². The molecular formula is C17H19BN6O2. The Bertz CT molecular complexity index is 925. The van der Waals surface area contributed by atoms with E-state index in [1.165, 1.54) is 4.90 Å². The molecule has 3 heterocycles. The van der Waals surface area contributed by atoms with Gasteiger partial charge in [0.2, 0.25) is 5.91 Å². The van der Waals surface area contributed by atoms with Gasteiger partial charge in [0, 0.05) is 44.5 Å². The average Bonchev–Trinajstić information content (AvgIpc) is 2.99. The van der Waals surface area contributed by atoms with Crippen LogP contribution in [0.25, 0.3) is 10.9 Å². The van der Waals surface area contributed by atoms with E-state index in [0.717, 1.165) is 42.3 Å². The van der Waals surface area contributed by atoms with Gasteiger partial charge in [-0.1, -0.05) is 6.07 Å². The van der Waals surface area contributed by atoms with E-state index < -0.39 is 6.03 Å². The molecule has 0 saturated carbocycles. The lowest BCUT2D eigenvalue weighted by Gasteiger charge is -2.30. The number of nitrogens with one attached hydrogen (secondary N) is 1. The predicted octanol–water partition coefficient (Wildman–Crippen LogP) is 1.40. The zero-order valence-electron chi connectivity index (χ0n) is 14.6. The first-order valence-corrected chi connectivity index (χ1v) is 8.80. The van der Waals surface area contributed by atoms with E-state index in [1.807, 2.05) is 19.2 Å². The Balaban J connectivity index is 1.72. The first-order chi connectivity index (χ1) is 12.6. The second kappa shape index (κ2) is 6.37. The second-order valence-electron chi connectivity index (χ2n) is 6.77. The predicted molar refractivity (Wildman–Crippen MR) is 99.4 cm³/mol. The van der Waals surface area contributed by atoms with Gasteiger partial charge in [-0.25, -0.2) is 10.1 Å². The highest BCUT2D eigenvalue weighted by Crippen LogP contribution is 2.34. The summed E-state index contributed by atoms with van der Waals surface area (Å²) < 4.78 is 1.79. The summed E-state index contributed by atoms with van der Waals surface area (Å²) in [5, 5.41) is 16.9. The molecule has 0 bridgehead atoms. The van der Waals surface area contributed by atoms with E-state index in [2.05, 4.69) is 27.4 Å². The van der Waals surface area contributed by atoms with Crippen molar-refractivity contribution in [1.82, 2.24) is 15.1 Å². The van der Waals surface area contributed by atoms with Crippen LogP contribution in [-0.2, 0) is 11.8 Å². The number of carbonyl (C=O) groups is 2. The molecule has 0 spiro atoms. The molecule has 2 aromatic rings. The Labute approximate surface area is 151 Å². The number of hydrogen-bond acceptors (Lipinski definition) is 5. The normalized spacial score (nSPS) is 18.2. The van der Waals surface area contributed by atoms with Crippen LogP contribution in [0.4, 0.5) is 16.3 Å². The van der Waals surface area contributed by atoms with Crippen molar-refractivity contribution in [2.75, 3.05) is 29.4 Å². The van der Waals surface area contributed by atoms with Crippen LogP contribution in [0, 0.1) is 11.2 Å². The van der Waals surface area contributed by atoms with Crippen molar-refractivity contribution in [3.63, 3.8) is 0 Å². The number of nitrogens with zero attached hydrogens (tertiary/aromatic N) is 5. The minimum atomic E-state index is -0.429. The van der Waals surface area contributed by atoms with Gasteiger partial charge in [0.1, 0.15) is 0 Å². The number of imide groups is 1. The summed E-state index contributed by atoms with van der Waals surface area (Å²) in [6.45, 7) is 2.11. The van der Waals surface area contributed by atoms with Gasteiger partial charge in [0.15, 0.2) is 5.82 Å². The maximum absolute atomic E-state index is 12.2. The highest BCUT2D eigenvalue weighted by atomic mass is 16.2. The van der Waals surface area contributed by atoms with E-state index in [0.29, 0.717) is 12.4 Å². The number of nitriles is 1. The molecule has 0 unspecified atom stereocenters. The third-order valence-electron chi connectivity index (χ3n) is 5.15. The van der Waals surface area contributed by atoms with Crippen LogP contribution < -0.4 is 15.1 Å². The molecule has 26 heavy (non-hydrogen) atoms. The average molecular weight is 350 g/mol. The molecule has 9 heteroatoms. The summed E-state index contributed by atoms with van der Waals surface area (Å²) in [5.74, 6) is 2.67. The van der Waals surface area contributed by atoms with Crippen molar-refractivity contribution in [3.05, 3.63) is 18.2 Å². The molecule has 2 aliphatic heterocycles. The summed E-state index contributed by atoms with van der Waals surface area (Å²) in [7, 11) is 1.87. The molecule has 4 rings (SSSR count). The maximum Gasteiger partial charge on any atom is 0.329 e. The fourth-order valence-corrected chi connectivity index (χ4v) is 3.77. The molecule has 2 aliphatic rings. The monoisotopic (exact) mass is 350 g/mol. The number of urea groups is 1. The number of fused-ring (bicyclic) bond motifs is 1. The molecular weight excluding hydrogens is 331 g/mol. The summed E-state index contributed by atoms with van der Waals surface area (Å²) in [6.07, 6.45) is 1.98. The Kier molecular flexibility index (Phi) is 4.03. The number of carbonyl (C=O) groups excluding carboxylic acids is 2. The lowest BCUT2D eigenvalue weighted by molar-refractivity contribution is -0.120. The number of anilines is 2. The number of amides is 3. The molecule has 8 nitrogen and oxygen atoms in total. The zero-order valence-corrected chi connectivity index (χ0v) is 14.6. The summed E-state index contributed by atoms with van der Waals surface area (Å²) in [6, 6.07) is 5.54. The van der Waals surface area contributed by atoms with Crippen molar-refractivity contribution >= 4 is 41.1 Å².